The fraction of sp³-hybridized carbons (Fsp3) is 0.344. The van der Waals surface area contributed by atoms with Crippen molar-refractivity contribution in [2.24, 2.45) is 0 Å². The molecule has 0 aliphatic carbocycles. The number of benzene rings is 3. The van der Waals surface area contributed by atoms with E-state index < -0.39 is 0 Å². The number of carbonyl (C=O) groups is 1. The van der Waals surface area contributed by atoms with Crippen molar-refractivity contribution < 1.29 is 14.3 Å². The quantitative estimate of drug-likeness (QED) is 0.173. The van der Waals surface area contributed by atoms with Gasteiger partial charge in [0.1, 0.15) is 17.4 Å². The van der Waals surface area contributed by atoms with Gasteiger partial charge in [0.2, 0.25) is 0 Å². The molecule has 0 aliphatic heterocycles. The average molecular weight is 525 g/mol. The van der Waals surface area contributed by atoms with Gasteiger partial charge in [-0.2, -0.15) is 0 Å². The molecule has 0 bridgehead atoms. The average Bonchev–Trinajstić information content (AvgIpc) is 3.52. The van der Waals surface area contributed by atoms with Crippen LogP contribution in [0, 0.1) is 0 Å². The first-order valence-corrected chi connectivity index (χ1v) is 13.8. The lowest BCUT2D eigenvalue weighted by molar-refractivity contribution is 0.0601. The lowest BCUT2D eigenvalue weighted by atomic mass is 10.1. The molecule has 0 unspecified atom stereocenters. The molecule has 0 saturated heterocycles. The van der Waals surface area contributed by atoms with E-state index in [2.05, 4.69) is 53.3 Å². The van der Waals surface area contributed by atoms with Crippen LogP contribution in [0.2, 0.25) is 0 Å². The summed E-state index contributed by atoms with van der Waals surface area (Å²) < 4.78 is 15.0. The van der Waals surface area contributed by atoms with E-state index in [1.54, 1.807) is 7.11 Å². The molecule has 5 rings (SSSR count). The number of fused-ring (bicyclic) bond motifs is 2. The molecule has 202 valence electrons. The number of aromatic nitrogens is 4. The summed E-state index contributed by atoms with van der Waals surface area (Å²) in [4.78, 5) is 22.4. The topological polar surface area (TPSA) is 71.2 Å². The van der Waals surface area contributed by atoms with Crippen LogP contribution in [0.15, 0.2) is 60.7 Å². The molecule has 3 aromatic carbocycles. The van der Waals surface area contributed by atoms with E-state index in [1.807, 2.05) is 30.3 Å². The number of nitrogens with zero attached hydrogens (tertiary/aromatic N) is 4. The van der Waals surface area contributed by atoms with E-state index >= 15 is 0 Å². The number of hydrogen-bond acceptors (Lipinski definition) is 5. The number of ether oxygens (including phenoxy) is 2. The van der Waals surface area contributed by atoms with Crippen molar-refractivity contribution in [1.29, 1.82) is 0 Å². The Balaban J connectivity index is 1.71. The molecule has 0 atom stereocenters. The summed E-state index contributed by atoms with van der Waals surface area (Å²) in [5.41, 5.74) is 6.58. The van der Waals surface area contributed by atoms with Crippen molar-refractivity contribution in [2.75, 3.05) is 14.2 Å². The second-order valence-electron chi connectivity index (χ2n) is 9.87. The third-order valence-electron chi connectivity index (χ3n) is 7.24. The SMILES string of the molecule is CCCCc1nc2cccc(-c3nc4cc(C(=O)OC)ccc4n3CCCC)c2n1Cc1ccc(OC)cc1. The number of imidazole rings is 2. The first kappa shape index (κ1) is 26.5. The number of aryl methyl sites for hydroxylation is 2. The Hall–Kier alpha value is -4.13. The van der Waals surface area contributed by atoms with Crippen molar-refractivity contribution in [1.82, 2.24) is 19.1 Å². The summed E-state index contributed by atoms with van der Waals surface area (Å²) in [7, 11) is 3.09. The van der Waals surface area contributed by atoms with Crippen molar-refractivity contribution in [2.45, 2.75) is 59.0 Å². The molecular formula is C32H36N4O3. The fourth-order valence-electron chi connectivity index (χ4n) is 5.15. The molecule has 7 nitrogen and oxygen atoms in total. The van der Waals surface area contributed by atoms with Gasteiger partial charge in [-0.3, -0.25) is 0 Å². The highest BCUT2D eigenvalue weighted by Gasteiger charge is 2.21. The Bertz CT molecular complexity index is 1600. The van der Waals surface area contributed by atoms with Crippen LogP contribution in [0.4, 0.5) is 0 Å². The van der Waals surface area contributed by atoms with Crippen LogP contribution >= 0.6 is 0 Å². The number of para-hydroxylation sites is 1. The number of methoxy groups -OCH3 is 2. The maximum Gasteiger partial charge on any atom is 0.337 e. The largest absolute Gasteiger partial charge is 0.497 e. The zero-order chi connectivity index (χ0) is 27.4. The van der Waals surface area contributed by atoms with E-state index in [9.17, 15) is 4.79 Å². The maximum absolute atomic E-state index is 12.2. The zero-order valence-electron chi connectivity index (χ0n) is 23.2. The van der Waals surface area contributed by atoms with Crippen molar-refractivity contribution in [3.63, 3.8) is 0 Å². The van der Waals surface area contributed by atoms with Crippen molar-refractivity contribution >= 4 is 28.0 Å². The second-order valence-corrected chi connectivity index (χ2v) is 9.87. The number of hydrogen-bond donors (Lipinski definition) is 0. The molecule has 2 heterocycles. The van der Waals surface area contributed by atoms with Gasteiger partial charge in [-0.15, -0.1) is 0 Å². The van der Waals surface area contributed by atoms with Gasteiger partial charge in [0, 0.05) is 25.1 Å². The molecule has 39 heavy (non-hydrogen) atoms. The molecule has 0 saturated carbocycles. The Kier molecular flexibility index (Phi) is 7.96. The van der Waals surface area contributed by atoms with Crippen LogP contribution in [0.3, 0.4) is 0 Å². The summed E-state index contributed by atoms with van der Waals surface area (Å²) in [6.45, 7) is 5.95. The number of carbonyl (C=O) groups excluding carboxylic acids is 1. The van der Waals surface area contributed by atoms with E-state index in [0.717, 1.165) is 83.7 Å². The Morgan fingerprint density at radius 2 is 1.67 bits per heavy atom. The highest BCUT2D eigenvalue weighted by atomic mass is 16.5. The summed E-state index contributed by atoms with van der Waals surface area (Å²) in [6, 6.07) is 20.2. The standard InChI is InChI=1S/C32H36N4O3/c1-5-7-12-29-33-26-11-9-10-25(30(26)36(29)21-22-13-16-24(38-3)17-14-22)31-34-27-20-23(32(37)39-4)15-18-28(27)35(31)19-8-6-2/h9-11,13-18,20H,5-8,12,19,21H2,1-4H3. The van der Waals surface area contributed by atoms with Crippen molar-refractivity contribution in [3.05, 3.63) is 77.6 Å². The first-order chi connectivity index (χ1) is 19.1. The van der Waals surface area contributed by atoms with Crippen LogP contribution in [-0.4, -0.2) is 39.3 Å². The summed E-state index contributed by atoms with van der Waals surface area (Å²) >= 11 is 0. The van der Waals surface area contributed by atoms with Gasteiger partial charge in [0.05, 0.1) is 41.8 Å². The predicted molar refractivity (Wildman–Crippen MR) is 155 cm³/mol. The third kappa shape index (κ3) is 5.26. The number of esters is 1. The number of unbranched alkanes of at least 4 members (excludes halogenated alkanes) is 2. The van der Waals surface area contributed by atoms with Gasteiger partial charge in [0.15, 0.2) is 0 Å². The van der Waals surface area contributed by atoms with Crippen molar-refractivity contribution in [3.8, 4) is 17.1 Å². The minimum Gasteiger partial charge on any atom is -0.497 e. The third-order valence-corrected chi connectivity index (χ3v) is 7.24. The van der Waals surface area contributed by atoms with Gasteiger partial charge in [0.25, 0.3) is 0 Å². The molecule has 2 aromatic heterocycles. The van der Waals surface area contributed by atoms with E-state index in [-0.39, 0.29) is 5.97 Å². The van der Waals surface area contributed by atoms with Crippen LogP contribution in [0.5, 0.6) is 5.75 Å². The van der Waals surface area contributed by atoms with Crippen LogP contribution < -0.4 is 4.74 Å². The van der Waals surface area contributed by atoms with Gasteiger partial charge in [-0.1, -0.05) is 44.9 Å². The molecular weight excluding hydrogens is 488 g/mol. The maximum atomic E-state index is 12.2. The molecule has 0 radical (unpaired) electrons. The normalized spacial score (nSPS) is 11.4. The highest BCUT2D eigenvalue weighted by molar-refractivity contribution is 5.96. The Morgan fingerprint density at radius 1 is 0.872 bits per heavy atom. The minimum atomic E-state index is -0.359. The Labute approximate surface area is 229 Å². The molecule has 0 amide bonds. The van der Waals surface area contributed by atoms with Gasteiger partial charge < -0.3 is 18.6 Å². The first-order valence-electron chi connectivity index (χ1n) is 13.8. The van der Waals surface area contributed by atoms with Crippen LogP contribution in [-0.2, 0) is 24.2 Å². The molecule has 0 fully saturated rings. The predicted octanol–water partition coefficient (Wildman–Crippen LogP) is 7.04. The lowest BCUT2D eigenvalue weighted by Gasteiger charge is -2.14. The summed E-state index contributed by atoms with van der Waals surface area (Å²) in [5.74, 6) is 2.46. The van der Waals surface area contributed by atoms with Gasteiger partial charge in [-0.25, -0.2) is 14.8 Å². The minimum absolute atomic E-state index is 0.359. The Morgan fingerprint density at radius 3 is 2.38 bits per heavy atom. The monoisotopic (exact) mass is 524 g/mol. The number of rotatable bonds is 11. The molecule has 0 N–H and O–H groups in total. The van der Waals surface area contributed by atoms with Crippen LogP contribution in [0.1, 0.15) is 61.3 Å². The molecule has 5 aromatic rings. The van der Waals surface area contributed by atoms with Gasteiger partial charge >= 0.3 is 5.97 Å². The van der Waals surface area contributed by atoms with Gasteiger partial charge in [-0.05, 0) is 60.9 Å². The molecule has 0 aliphatic rings. The molecule has 7 heteroatoms. The fourth-order valence-corrected chi connectivity index (χ4v) is 5.15. The second kappa shape index (κ2) is 11.7. The van der Waals surface area contributed by atoms with E-state index in [4.69, 9.17) is 19.4 Å². The smallest absolute Gasteiger partial charge is 0.337 e. The van der Waals surface area contributed by atoms with E-state index in [0.29, 0.717) is 12.1 Å². The highest BCUT2D eigenvalue weighted by Crippen LogP contribution is 2.33. The zero-order valence-corrected chi connectivity index (χ0v) is 23.2. The summed E-state index contributed by atoms with van der Waals surface area (Å²) in [5, 5.41) is 0. The lowest BCUT2D eigenvalue weighted by Crippen LogP contribution is -2.07. The summed E-state index contributed by atoms with van der Waals surface area (Å²) in [6.07, 6.45) is 5.19. The molecule has 0 spiro atoms. The van der Waals surface area contributed by atoms with E-state index in [1.165, 1.54) is 12.7 Å². The van der Waals surface area contributed by atoms with Crippen LogP contribution in [0.25, 0.3) is 33.5 Å².